The van der Waals surface area contributed by atoms with Crippen LogP contribution in [0.4, 0.5) is 0 Å². The van der Waals surface area contributed by atoms with E-state index in [9.17, 15) is 0 Å². The third kappa shape index (κ3) is 2.04. The molecule has 2 saturated carbocycles. The Hall–Kier alpha value is -0.900. The Balaban J connectivity index is 1.44. The van der Waals surface area contributed by atoms with Gasteiger partial charge in [-0.2, -0.15) is 15.4 Å². The lowest BCUT2D eigenvalue weighted by Crippen LogP contribution is -2.28. The summed E-state index contributed by atoms with van der Waals surface area (Å²) in [5, 5.41) is 14.0. The Kier molecular flexibility index (Phi) is 2.24. The van der Waals surface area contributed by atoms with E-state index in [2.05, 4.69) is 27.7 Å². The molecule has 82 valence electrons. The van der Waals surface area contributed by atoms with Gasteiger partial charge in [-0.1, -0.05) is 0 Å². The van der Waals surface area contributed by atoms with Crippen molar-refractivity contribution in [2.45, 2.75) is 38.8 Å². The maximum Gasteiger partial charge on any atom is 0.0962 e. The van der Waals surface area contributed by atoms with Crippen LogP contribution in [0, 0.1) is 17.8 Å². The molecule has 1 aromatic heterocycles. The molecular formula is C11H18N4. The van der Waals surface area contributed by atoms with Crippen molar-refractivity contribution in [2.24, 2.45) is 17.8 Å². The molecule has 4 nitrogen and oxygen atoms in total. The third-order valence-corrected chi connectivity index (χ3v) is 3.83. The lowest BCUT2D eigenvalue weighted by molar-refractivity contribution is 0.454. The van der Waals surface area contributed by atoms with Crippen LogP contribution < -0.4 is 5.32 Å². The summed E-state index contributed by atoms with van der Waals surface area (Å²) in [5.41, 5.74) is 1.01. The van der Waals surface area contributed by atoms with Gasteiger partial charge in [-0.05, 0) is 43.9 Å². The highest BCUT2D eigenvalue weighted by atomic mass is 15.3. The average molecular weight is 206 g/mol. The molecule has 4 heteroatoms. The van der Waals surface area contributed by atoms with E-state index in [0.29, 0.717) is 6.04 Å². The van der Waals surface area contributed by atoms with Crippen LogP contribution in [-0.4, -0.2) is 21.5 Å². The summed E-state index contributed by atoms with van der Waals surface area (Å²) in [4.78, 5) is 0. The van der Waals surface area contributed by atoms with Crippen LogP contribution in [0.1, 0.15) is 31.9 Å². The average Bonchev–Trinajstić information content (AvgIpc) is 3.11. The van der Waals surface area contributed by atoms with Crippen LogP contribution in [0.3, 0.4) is 0 Å². The number of H-pyrrole nitrogens is 1. The van der Waals surface area contributed by atoms with Gasteiger partial charge in [-0.25, -0.2) is 0 Å². The van der Waals surface area contributed by atoms with E-state index in [1.54, 1.807) is 6.20 Å². The van der Waals surface area contributed by atoms with Crippen molar-refractivity contribution >= 4 is 0 Å². The summed E-state index contributed by atoms with van der Waals surface area (Å²) < 4.78 is 0. The number of nitrogens with zero attached hydrogens (tertiary/aromatic N) is 2. The molecule has 0 saturated heterocycles. The van der Waals surface area contributed by atoms with Crippen molar-refractivity contribution in [1.29, 1.82) is 0 Å². The molecule has 0 amide bonds. The Morgan fingerprint density at radius 2 is 2.47 bits per heavy atom. The van der Waals surface area contributed by atoms with Gasteiger partial charge in [0.1, 0.15) is 0 Å². The van der Waals surface area contributed by atoms with E-state index in [0.717, 1.165) is 30.0 Å². The quantitative estimate of drug-likeness (QED) is 0.764. The van der Waals surface area contributed by atoms with Gasteiger partial charge in [-0.3, -0.25) is 0 Å². The van der Waals surface area contributed by atoms with Gasteiger partial charge in [-0.15, -0.1) is 0 Å². The van der Waals surface area contributed by atoms with Gasteiger partial charge < -0.3 is 5.32 Å². The maximum absolute atomic E-state index is 4.04. The second kappa shape index (κ2) is 3.59. The second-order valence-corrected chi connectivity index (χ2v) is 5.03. The normalized spacial score (nSPS) is 31.5. The SMILES string of the molecule is CC(NCc1cn[nH]n1)[C@@H]1C[C@H]1C1CC1. The summed E-state index contributed by atoms with van der Waals surface area (Å²) in [6, 6.07) is 0.632. The minimum atomic E-state index is 0.632. The highest BCUT2D eigenvalue weighted by Gasteiger charge is 2.49. The first-order valence-electron chi connectivity index (χ1n) is 5.92. The highest BCUT2D eigenvalue weighted by Crippen LogP contribution is 2.55. The zero-order chi connectivity index (χ0) is 10.3. The summed E-state index contributed by atoms with van der Waals surface area (Å²) in [7, 11) is 0. The smallest absolute Gasteiger partial charge is 0.0962 e. The molecule has 0 aliphatic heterocycles. The van der Waals surface area contributed by atoms with E-state index < -0.39 is 0 Å². The Morgan fingerprint density at radius 1 is 1.60 bits per heavy atom. The van der Waals surface area contributed by atoms with Crippen molar-refractivity contribution in [2.75, 3.05) is 0 Å². The molecule has 2 aliphatic carbocycles. The fourth-order valence-electron chi connectivity index (χ4n) is 2.60. The van der Waals surface area contributed by atoms with E-state index >= 15 is 0 Å². The molecule has 1 heterocycles. The zero-order valence-corrected chi connectivity index (χ0v) is 9.11. The highest BCUT2D eigenvalue weighted by molar-refractivity contribution is 5.01. The molecule has 3 atom stereocenters. The molecule has 2 fully saturated rings. The number of nitrogens with one attached hydrogen (secondary N) is 2. The molecule has 2 aliphatic rings. The molecule has 0 spiro atoms. The van der Waals surface area contributed by atoms with Crippen molar-refractivity contribution in [3.05, 3.63) is 11.9 Å². The van der Waals surface area contributed by atoms with Crippen LogP contribution in [0.15, 0.2) is 6.20 Å². The van der Waals surface area contributed by atoms with Crippen molar-refractivity contribution in [3.8, 4) is 0 Å². The number of aromatic amines is 1. The lowest BCUT2D eigenvalue weighted by Gasteiger charge is -2.12. The van der Waals surface area contributed by atoms with Crippen molar-refractivity contribution in [1.82, 2.24) is 20.7 Å². The predicted molar refractivity (Wildman–Crippen MR) is 57.0 cm³/mol. The predicted octanol–water partition coefficient (Wildman–Crippen LogP) is 1.33. The van der Waals surface area contributed by atoms with Crippen molar-refractivity contribution < 1.29 is 0 Å². The summed E-state index contributed by atoms with van der Waals surface area (Å²) >= 11 is 0. The maximum atomic E-state index is 4.04. The third-order valence-electron chi connectivity index (χ3n) is 3.83. The molecule has 0 aromatic carbocycles. The standard InChI is InChI=1S/C11H18N4/c1-7(10-4-11(10)8-2-3-8)12-5-9-6-13-15-14-9/h6-8,10-12H,2-5H2,1H3,(H,13,14,15)/t7?,10-,11-/m0/s1. The minimum Gasteiger partial charge on any atom is -0.308 e. The molecule has 2 N–H and O–H groups in total. The summed E-state index contributed by atoms with van der Waals surface area (Å²) in [6.45, 7) is 3.14. The van der Waals surface area contributed by atoms with Crippen LogP contribution in [0.2, 0.25) is 0 Å². The van der Waals surface area contributed by atoms with Gasteiger partial charge in [0.25, 0.3) is 0 Å². The Morgan fingerprint density at radius 3 is 3.13 bits per heavy atom. The monoisotopic (exact) mass is 206 g/mol. The first-order chi connectivity index (χ1) is 7.34. The number of aromatic nitrogens is 3. The topological polar surface area (TPSA) is 53.6 Å². The molecule has 0 bridgehead atoms. The molecule has 15 heavy (non-hydrogen) atoms. The van der Waals surface area contributed by atoms with Crippen LogP contribution in [-0.2, 0) is 6.54 Å². The van der Waals surface area contributed by atoms with E-state index in [-0.39, 0.29) is 0 Å². The summed E-state index contributed by atoms with van der Waals surface area (Å²) in [6.07, 6.45) is 6.19. The number of rotatable bonds is 5. The van der Waals surface area contributed by atoms with E-state index in [1.807, 2.05) is 0 Å². The minimum absolute atomic E-state index is 0.632. The van der Waals surface area contributed by atoms with Gasteiger partial charge >= 0.3 is 0 Å². The van der Waals surface area contributed by atoms with Crippen LogP contribution in [0.5, 0.6) is 0 Å². The fraction of sp³-hybridized carbons (Fsp3) is 0.818. The fourth-order valence-corrected chi connectivity index (χ4v) is 2.60. The molecule has 1 aromatic rings. The van der Waals surface area contributed by atoms with Gasteiger partial charge in [0.05, 0.1) is 11.9 Å². The first-order valence-corrected chi connectivity index (χ1v) is 5.92. The molecule has 3 rings (SSSR count). The van der Waals surface area contributed by atoms with Crippen LogP contribution in [0.25, 0.3) is 0 Å². The number of hydrogen-bond donors (Lipinski definition) is 2. The van der Waals surface area contributed by atoms with E-state index in [4.69, 9.17) is 0 Å². The van der Waals surface area contributed by atoms with Gasteiger partial charge in [0.2, 0.25) is 0 Å². The Bertz CT molecular complexity index is 317. The molecule has 0 radical (unpaired) electrons. The second-order valence-electron chi connectivity index (χ2n) is 5.03. The molecule has 1 unspecified atom stereocenters. The largest absolute Gasteiger partial charge is 0.308 e. The van der Waals surface area contributed by atoms with Gasteiger partial charge in [0.15, 0.2) is 0 Å². The molecular weight excluding hydrogens is 188 g/mol. The van der Waals surface area contributed by atoms with Gasteiger partial charge in [0, 0.05) is 12.6 Å². The van der Waals surface area contributed by atoms with Crippen LogP contribution >= 0.6 is 0 Å². The number of hydrogen-bond acceptors (Lipinski definition) is 3. The first kappa shape index (κ1) is 9.33. The van der Waals surface area contributed by atoms with Crippen molar-refractivity contribution in [3.63, 3.8) is 0 Å². The zero-order valence-electron chi connectivity index (χ0n) is 9.11. The Labute approximate surface area is 89.8 Å². The summed E-state index contributed by atoms with van der Waals surface area (Å²) in [5.74, 6) is 3.03. The lowest BCUT2D eigenvalue weighted by atomic mass is 10.1. The van der Waals surface area contributed by atoms with E-state index in [1.165, 1.54) is 19.3 Å².